The van der Waals surface area contributed by atoms with E-state index in [0.29, 0.717) is 29.6 Å². The number of allylic oxidation sites excluding steroid dienone is 1. The highest BCUT2D eigenvalue weighted by Gasteiger charge is 2.62. The fourth-order valence-corrected chi connectivity index (χ4v) is 9.81. The molecule has 3 fully saturated rings. The van der Waals surface area contributed by atoms with Crippen LogP contribution in [0.3, 0.4) is 0 Å². The smallest absolute Gasteiger partial charge is 0.223 e. The quantitative estimate of drug-likeness (QED) is 0.252. The van der Waals surface area contributed by atoms with Crippen LogP contribution in [0.1, 0.15) is 105 Å². The number of amides is 1. The summed E-state index contributed by atoms with van der Waals surface area (Å²) in [5.41, 5.74) is 2.07. The van der Waals surface area contributed by atoms with Crippen LogP contribution in [0.4, 0.5) is 0 Å². The molecule has 4 nitrogen and oxygen atoms in total. The molecule has 4 heteroatoms. The van der Waals surface area contributed by atoms with Gasteiger partial charge in [-0.25, -0.2) is 0 Å². The van der Waals surface area contributed by atoms with Gasteiger partial charge in [0.25, 0.3) is 0 Å². The maximum atomic E-state index is 13.8. The fraction of sp³-hybridized carbons (Fsp3) is 0.909. The number of fused-ring (bicyclic) bond motifs is 5. The van der Waals surface area contributed by atoms with E-state index in [9.17, 15) is 9.90 Å². The zero-order valence-corrected chi connectivity index (χ0v) is 25.2. The second-order valence-electron chi connectivity index (χ2n) is 14.8. The summed E-state index contributed by atoms with van der Waals surface area (Å²) in [5.74, 6) is 4.39. The van der Waals surface area contributed by atoms with E-state index >= 15 is 0 Å². The summed E-state index contributed by atoms with van der Waals surface area (Å²) in [4.78, 5) is 16.0. The lowest BCUT2D eigenvalue weighted by molar-refractivity contribution is -0.128. The van der Waals surface area contributed by atoms with Crippen molar-refractivity contribution in [2.75, 3.05) is 27.2 Å². The van der Waals surface area contributed by atoms with Gasteiger partial charge in [-0.05, 0) is 118 Å². The molecule has 9 atom stereocenters. The normalized spacial score (nSPS) is 40.1. The number of nitrogens with one attached hydrogen (secondary N) is 1. The average molecular weight is 515 g/mol. The summed E-state index contributed by atoms with van der Waals surface area (Å²) < 4.78 is 0. The average Bonchev–Trinajstić information content (AvgIpc) is 3.15. The molecule has 0 spiro atoms. The predicted molar refractivity (Wildman–Crippen MR) is 154 cm³/mol. The first kappa shape index (κ1) is 29.1. The second-order valence-corrected chi connectivity index (χ2v) is 14.8. The molecule has 0 saturated heterocycles. The van der Waals surface area contributed by atoms with Crippen molar-refractivity contribution in [2.45, 2.75) is 111 Å². The van der Waals surface area contributed by atoms with Crippen LogP contribution in [0.2, 0.25) is 0 Å². The molecule has 1 amide bonds. The van der Waals surface area contributed by atoms with E-state index in [4.69, 9.17) is 0 Å². The van der Waals surface area contributed by atoms with Crippen molar-refractivity contribution in [3.05, 3.63) is 11.6 Å². The van der Waals surface area contributed by atoms with Crippen LogP contribution in [0.15, 0.2) is 11.6 Å². The summed E-state index contributed by atoms with van der Waals surface area (Å²) >= 11 is 0. The van der Waals surface area contributed by atoms with Crippen LogP contribution in [0.25, 0.3) is 0 Å². The number of carbonyl (C=O) groups is 1. The number of hydrogen-bond donors (Lipinski definition) is 2. The summed E-state index contributed by atoms with van der Waals surface area (Å²) in [6, 6.07) is 0. The van der Waals surface area contributed by atoms with E-state index in [2.05, 4.69) is 65.0 Å². The molecule has 0 aliphatic heterocycles. The van der Waals surface area contributed by atoms with Gasteiger partial charge in [-0.2, -0.15) is 0 Å². The molecule has 4 aliphatic carbocycles. The first-order valence-electron chi connectivity index (χ1n) is 15.8. The second kappa shape index (κ2) is 11.7. The maximum absolute atomic E-state index is 13.8. The molecular weight excluding hydrogens is 456 g/mol. The Labute approximate surface area is 228 Å². The fourth-order valence-electron chi connectivity index (χ4n) is 9.81. The number of nitrogens with zero attached hydrogens (tertiary/aromatic N) is 1. The lowest BCUT2D eigenvalue weighted by atomic mass is 9.47. The van der Waals surface area contributed by atoms with Crippen molar-refractivity contribution in [2.24, 2.45) is 52.3 Å². The first-order chi connectivity index (χ1) is 17.5. The molecule has 1 unspecified atom stereocenters. The van der Waals surface area contributed by atoms with Crippen molar-refractivity contribution in [1.29, 1.82) is 0 Å². The van der Waals surface area contributed by atoms with Crippen LogP contribution in [0.5, 0.6) is 0 Å². The number of carbonyl (C=O) groups excluding carboxylic acids is 1. The SMILES string of the molecule is CC(C)CCC[C@@H](C)[C@H]1C(C(=O)NCCCN(C)C)C[C@H]2[C@@H]3CC=C4C[C@@H](O)CC[C@]4(C)[C@H]3CC[C@]12C. The first-order valence-corrected chi connectivity index (χ1v) is 15.8. The third kappa shape index (κ3) is 5.86. The summed E-state index contributed by atoms with van der Waals surface area (Å²) in [7, 11) is 4.21. The van der Waals surface area contributed by atoms with E-state index in [-0.39, 0.29) is 22.9 Å². The van der Waals surface area contributed by atoms with Gasteiger partial charge in [-0.3, -0.25) is 4.79 Å². The molecular formula is C33H58N2O2. The van der Waals surface area contributed by atoms with Crippen LogP contribution >= 0.6 is 0 Å². The Hall–Kier alpha value is -0.870. The predicted octanol–water partition coefficient (Wildman–Crippen LogP) is 6.68. The van der Waals surface area contributed by atoms with Crippen molar-refractivity contribution in [3.63, 3.8) is 0 Å². The minimum Gasteiger partial charge on any atom is -0.393 e. The van der Waals surface area contributed by atoms with E-state index < -0.39 is 0 Å². The number of rotatable bonds is 10. The van der Waals surface area contributed by atoms with Crippen LogP contribution in [-0.2, 0) is 4.79 Å². The highest BCUT2D eigenvalue weighted by molar-refractivity contribution is 5.79. The summed E-state index contributed by atoms with van der Waals surface area (Å²) in [5, 5.41) is 13.8. The van der Waals surface area contributed by atoms with E-state index in [1.807, 2.05) is 0 Å². The Kier molecular flexibility index (Phi) is 9.21. The number of hydrogen-bond acceptors (Lipinski definition) is 3. The zero-order chi connectivity index (χ0) is 27.0. The largest absolute Gasteiger partial charge is 0.393 e. The van der Waals surface area contributed by atoms with E-state index in [0.717, 1.165) is 63.5 Å². The van der Waals surface area contributed by atoms with Gasteiger partial charge in [0.2, 0.25) is 5.91 Å². The van der Waals surface area contributed by atoms with Crippen LogP contribution in [-0.4, -0.2) is 49.2 Å². The lowest BCUT2D eigenvalue weighted by Gasteiger charge is -2.58. The van der Waals surface area contributed by atoms with Crippen molar-refractivity contribution >= 4 is 5.91 Å². The van der Waals surface area contributed by atoms with Gasteiger partial charge in [0, 0.05) is 12.5 Å². The molecule has 0 aromatic heterocycles. The molecule has 212 valence electrons. The van der Waals surface area contributed by atoms with Gasteiger partial charge < -0.3 is 15.3 Å². The number of aliphatic hydroxyl groups excluding tert-OH is 1. The lowest BCUT2D eigenvalue weighted by Crippen LogP contribution is -2.51. The van der Waals surface area contributed by atoms with Crippen LogP contribution in [0, 0.1) is 52.3 Å². The molecule has 4 rings (SSSR count). The molecule has 0 bridgehead atoms. The Bertz CT molecular complexity index is 821. The minimum absolute atomic E-state index is 0.146. The molecule has 2 N–H and O–H groups in total. The van der Waals surface area contributed by atoms with Crippen molar-refractivity contribution in [1.82, 2.24) is 10.2 Å². The highest BCUT2D eigenvalue weighted by atomic mass is 16.3. The molecule has 0 heterocycles. The minimum atomic E-state index is -0.146. The van der Waals surface area contributed by atoms with E-state index in [1.165, 1.54) is 32.1 Å². The molecule has 0 radical (unpaired) electrons. The third-order valence-corrected chi connectivity index (χ3v) is 11.7. The Balaban J connectivity index is 1.56. The van der Waals surface area contributed by atoms with Gasteiger partial charge in [0.05, 0.1) is 6.10 Å². The molecule has 37 heavy (non-hydrogen) atoms. The standard InChI is InChI=1S/C33H58N2O2/c1-22(2)10-8-11-23(3)30-27(31(37)34-18-9-19-35(6)7)21-29-26-13-12-24-20-25(36)14-16-32(24,4)28(26)15-17-33(29,30)5/h12,22-23,25-30,36H,8-11,13-21H2,1-7H3,(H,34,37)/t23-,25+,26-,27?,28+,29+,30+,32+,33+/m1/s1. The topological polar surface area (TPSA) is 52.6 Å². The van der Waals surface area contributed by atoms with Gasteiger partial charge in [-0.15, -0.1) is 0 Å². The van der Waals surface area contributed by atoms with Gasteiger partial charge >= 0.3 is 0 Å². The Morgan fingerprint density at radius 2 is 1.86 bits per heavy atom. The monoisotopic (exact) mass is 514 g/mol. The van der Waals surface area contributed by atoms with Gasteiger partial charge in [0.1, 0.15) is 0 Å². The van der Waals surface area contributed by atoms with Crippen molar-refractivity contribution < 1.29 is 9.90 Å². The molecule has 0 aromatic carbocycles. The van der Waals surface area contributed by atoms with Crippen LogP contribution < -0.4 is 5.32 Å². The zero-order valence-electron chi connectivity index (χ0n) is 25.2. The summed E-state index contributed by atoms with van der Waals surface area (Å²) in [6.07, 6.45) is 15.0. The number of aliphatic hydroxyl groups is 1. The molecule has 3 saturated carbocycles. The third-order valence-electron chi connectivity index (χ3n) is 11.7. The van der Waals surface area contributed by atoms with E-state index in [1.54, 1.807) is 5.57 Å². The maximum Gasteiger partial charge on any atom is 0.223 e. The Morgan fingerprint density at radius 1 is 1.11 bits per heavy atom. The van der Waals surface area contributed by atoms with Gasteiger partial charge in [0.15, 0.2) is 0 Å². The Morgan fingerprint density at radius 3 is 2.57 bits per heavy atom. The highest BCUT2D eigenvalue weighted by Crippen LogP contribution is 2.68. The van der Waals surface area contributed by atoms with Gasteiger partial charge in [-0.1, -0.05) is 65.5 Å². The van der Waals surface area contributed by atoms with Crippen molar-refractivity contribution in [3.8, 4) is 0 Å². The molecule has 4 aliphatic rings. The summed E-state index contributed by atoms with van der Waals surface area (Å²) in [6.45, 7) is 14.0. The molecule has 0 aromatic rings.